The van der Waals surface area contributed by atoms with Crippen LogP contribution in [0.25, 0.3) is 0 Å². The van der Waals surface area contributed by atoms with E-state index in [-0.39, 0.29) is 17.8 Å². The van der Waals surface area contributed by atoms with Crippen molar-refractivity contribution in [2.75, 3.05) is 24.6 Å². The van der Waals surface area contributed by atoms with Gasteiger partial charge in [-0.1, -0.05) is 12.5 Å². The first kappa shape index (κ1) is 14.9. The average molecular weight is 309 g/mol. The summed E-state index contributed by atoms with van der Waals surface area (Å²) in [5.41, 5.74) is 1.10. The summed E-state index contributed by atoms with van der Waals surface area (Å²) in [4.78, 5) is 6.47. The second-order valence-electron chi connectivity index (χ2n) is 6.09. The second kappa shape index (κ2) is 6.42. The van der Waals surface area contributed by atoms with Crippen molar-refractivity contribution in [3.63, 3.8) is 0 Å². The molecule has 116 valence electrons. The van der Waals surface area contributed by atoms with Gasteiger partial charge in [0.2, 0.25) is 0 Å². The van der Waals surface area contributed by atoms with Crippen LogP contribution in [0.5, 0.6) is 0 Å². The number of likely N-dealkylation sites (tertiary alicyclic amines) is 1. The molecule has 0 radical (unpaired) electrons. The van der Waals surface area contributed by atoms with Crippen LogP contribution in [0.1, 0.15) is 24.8 Å². The lowest BCUT2D eigenvalue weighted by Crippen LogP contribution is -2.50. The number of nitrogens with one attached hydrogen (secondary N) is 1. The SMILES string of the molecule is O=S1(=O)C[C@H](NCc2cccnc2)[C@@H](N2CCCCC2)C1. The van der Waals surface area contributed by atoms with E-state index >= 15 is 0 Å². The summed E-state index contributed by atoms with van der Waals surface area (Å²) in [6.45, 7) is 2.74. The summed E-state index contributed by atoms with van der Waals surface area (Å²) >= 11 is 0. The molecule has 2 fully saturated rings. The fourth-order valence-corrected chi connectivity index (χ4v) is 5.37. The first-order valence-electron chi connectivity index (χ1n) is 7.71. The molecule has 0 bridgehead atoms. The highest BCUT2D eigenvalue weighted by Gasteiger charge is 2.40. The molecule has 1 N–H and O–H groups in total. The molecular formula is C15H23N3O2S. The van der Waals surface area contributed by atoms with Gasteiger partial charge in [-0.3, -0.25) is 9.88 Å². The lowest BCUT2D eigenvalue weighted by molar-refractivity contribution is 0.155. The van der Waals surface area contributed by atoms with Crippen LogP contribution in [0.15, 0.2) is 24.5 Å². The van der Waals surface area contributed by atoms with Gasteiger partial charge >= 0.3 is 0 Å². The van der Waals surface area contributed by atoms with Gasteiger partial charge < -0.3 is 5.32 Å². The van der Waals surface area contributed by atoms with Gasteiger partial charge in [-0.15, -0.1) is 0 Å². The molecule has 3 heterocycles. The van der Waals surface area contributed by atoms with Crippen molar-refractivity contribution in [2.45, 2.75) is 37.9 Å². The summed E-state index contributed by atoms with van der Waals surface area (Å²) in [6, 6.07) is 4.09. The number of pyridine rings is 1. The molecule has 1 aromatic rings. The summed E-state index contributed by atoms with van der Waals surface area (Å²) in [7, 11) is -2.92. The second-order valence-corrected chi connectivity index (χ2v) is 8.24. The fraction of sp³-hybridized carbons (Fsp3) is 0.667. The highest BCUT2D eigenvalue weighted by atomic mass is 32.2. The molecule has 1 aromatic heterocycles. The Hall–Kier alpha value is -0.980. The summed E-state index contributed by atoms with van der Waals surface area (Å²) in [5.74, 6) is 0.562. The van der Waals surface area contributed by atoms with Gasteiger partial charge in [0.25, 0.3) is 0 Å². The molecular weight excluding hydrogens is 286 g/mol. The van der Waals surface area contributed by atoms with Crippen molar-refractivity contribution in [3.8, 4) is 0 Å². The van der Waals surface area contributed by atoms with Crippen LogP contribution in [0.4, 0.5) is 0 Å². The van der Waals surface area contributed by atoms with E-state index in [4.69, 9.17) is 0 Å². The first-order valence-corrected chi connectivity index (χ1v) is 9.53. The van der Waals surface area contributed by atoms with Gasteiger partial charge in [0, 0.05) is 31.0 Å². The highest BCUT2D eigenvalue weighted by molar-refractivity contribution is 7.91. The molecule has 0 amide bonds. The van der Waals surface area contributed by atoms with Crippen molar-refractivity contribution in [3.05, 3.63) is 30.1 Å². The molecule has 2 saturated heterocycles. The topological polar surface area (TPSA) is 62.3 Å². The van der Waals surface area contributed by atoms with Crippen LogP contribution < -0.4 is 5.32 Å². The van der Waals surface area contributed by atoms with E-state index in [1.54, 1.807) is 6.20 Å². The maximum absolute atomic E-state index is 12.0. The number of hydrogen-bond acceptors (Lipinski definition) is 5. The van der Waals surface area contributed by atoms with Crippen LogP contribution in [-0.2, 0) is 16.4 Å². The Morgan fingerprint density at radius 3 is 2.76 bits per heavy atom. The van der Waals surface area contributed by atoms with Gasteiger partial charge in [-0.25, -0.2) is 8.42 Å². The maximum atomic E-state index is 12.0. The molecule has 2 aliphatic rings. The van der Waals surface area contributed by atoms with E-state index in [2.05, 4.69) is 15.2 Å². The van der Waals surface area contributed by atoms with Crippen LogP contribution in [-0.4, -0.2) is 55.0 Å². The normalized spacial score (nSPS) is 29.5. The Morgan fingerprint density at radius 1 is 1.24 bits per heavy atom. The third-order valence-electron chi connectivity index (χ3n) is 4.47. The molecule has 6 heteroatoms. The third kappa shape index (κ3) is 3.81. The van der Waals surface area contributed by atoms with Gasteiger partial charge in [0.15, 0.2) is 9.84 Å². The van der Waals surface area contributed by atoms with E-state index in [1.807, 2.05) is 18.3 Å². The van der Waals surface area contributed by atoms with E-state index in [9.17, 15) is 8.42 Å². The summed E-state index contributed by atoms with van der Waals surface area (Å²) < 4.78 is 24.1. The Labute approximate surface area is 126 Å². The van der Waals surface area contributed by atoms with Gasteiger partial charge in [-0.2, -0.15) is 0 Å². The van der Waals surface area contributed by atoms with Crippen molar-refractivity contribution in [1.29, 1.82) is 0 Å². The zero-order valence-electron chi connectivity index (χ0n) is 12.2. The Bertz CT molecular complexity index is 556. The van der Waals surface area contributed by atoms with E-state index < -0.39 is 9.84 Å². The predicted molar refractivity (Wildman–Crippen MR) is 82.7 cm³/mol. The van der Waals surface area contributed by atoms with Crippen molar-refractivity contribution < 1.29 is 8.42 Å². The number of hydrogen-bond donors (Lipinski definition) is 1. The molecule has 3 rings (SSSR count). The molecule has 0 spiro atoms. The van der Waals surface area contributed by atoms with Gasteiger partial charge in [0.05, 0.1) is 11.5 Å². The average Bonchev–Trinajstić information content (AvgIpc) is 2.82. The summed E-state index contributed by atoms with van der Waals surface area (Å²) in [5, 5.41) is 3.44. The molecule has 0 aliphatic carbocycles. The Kier molecular flexibility index (Phi) is 4.57. The minimum atomic E-state index is -2.92. The number of sulfone groups is 1. The third-order valence-corrected chi connectivity index (χ3v) is 6.19. The molecule has 0 saturated carbocycles. The zero-order valence-corrected chi connectivity index (χ0v) is 13.1. The van der Waals surface area contributed by atoms with Gasteiger partial charge in [0.1, 0.15) is 0 Å². The van der Waals surface area contributed by atoms with Crippen molar-refractivity contribution >= 4 is 9.84 Å². The lowest BCUT2D eigenvalue weighted by atomic mass is 10.0. The van der Waals surface area contributed by atoms with Gasteiger partial charge in [-0.05, 0) is 37.6 Å². The molecule has 0 aromatic carbocycles. The minimum Gasteiger partial charge on any atom is -0.307 e. The zero-order chi connectivity index (χ0) is 14.7. The Balaban J connectivity index is 1.66. The predicted octanol–water partition coefficient (Wildman–Crippen LogP) is 0.823. The maximum Gasteiger partial charge on any atom is 0.153 e. The molecule has 2 atom stereocenters. The summed E-state index contributed by atoms with van der Waals surface area (Å²) in [6.07, 6.45) is 7.22. The number of nitrogens with zero attached hydrogens (tertiary/aromatic N) is 2. The number of piperidine rings is 1. The molecule has 0 unspecified atom stereocenters. The standard InChI is InChI=1S/C15H23N3O2S/c19-21(20)11-14(17-10-13-5-4-6-16-9-13)15(12-21)18-7-2-1-3-8-18/h4-6,9,14-15,17H,1-3,7-8,10-12H2/t14-,15-/m0/s1. The van der Waals surface area contributed by atoms with Crippen molar-refractivity contribution in [1.82, 2.24) is 15.2 Å². The van der Waals surface area contributed by atoms with E-state index in [1.165, 1.54) is 19.3 Å². The van der Waals surface area contributed by atoms with Crippen LogP contribution in [0.3, 0.4) is 0 Å². The van der Waals surface area contributed by atoms with E-state index in [0.717, 1.165) is 18.7 Å². The first-order chi connectivity index (χ1) is 10.1. The quantitative estimate of drug-likeness (QED) is 0.892. The number of aromatic nitrogens is 1. The fourth-order valence-electron chi connectivity index (χ4n) is 3.39. The molecule has 5 nitrogen and oxygen atoms in total. The van der Waals surface area contributed by atoms with Crippen LogP contribution >= 0.6 is 0 Å². The molecule has 2 aliphatic heterocycles. The molecule has 21 heavy (non-hydrogen) atoms. The smallest absolute Gasteiger partial charge is 0.153 e. The highest BCUT2D eigenvalue weighted by Crippen LogP contribution is 2.22. The minimum absolute atomic E-state index is 0.0355. The monoisotopic (exact) mass is 309 g/mol. The Morgan fingerprint density at radius 2 is 2.05 bits per heavy atom. The lowest BCUT2D eigenvalue weighted by Gasteiger charge is -2.35. The van der Waals surface area contributed by atoms with Crippen LogP contribution in [0.2, 0.25) is 0 Å². The van der Waals surface area contributed by atoms with E-state index in [0.29, 0.717) is 12.3 Å². The largest absolute Gasteiger partial charge is 0.307 e. The van der Waals surface area contributed by atoms with Crippen molar-refractivity contribution in [2.24, 2.45) is 0 Å². The van der Waals surface area contributed by atoms with Crippen LogP contribution in [0, 0.1) is 0 Å². The number of rotatable bonds is 4.